The molecule has 0 amide bonds. The molecule has 0 spiro atoms. The first kappa shape index (κ1) is 20.5. The molecule has 2 heterocycles. The standard InChI is InChI=1S/C21H34N4OS/c1-4-22-20(24(3)15-19-8-6-5-7-18(19)2)23-16-21(9-14-27-17-21)25-10-12-26-13-11-25/h5-8H,4,9-17H2,1-3H3,(H,22,23). The second-order valence-electron chi connectivity index (χ2n) is 7.58. The summed E-state index contributed by atoms with van der Waals surface area (Å²) < 4.78 is 5.58. The monoisotopic (exact) mass is 390 g/mol. The summed E-state index contributed by atoms with van der Waals surface area (Å²) in [6, 6.07) is 8.60. The number of hydrogen-bond acceptors (Lipinski definition) is 4. The third-order valence-electron chi connectivity index (χ3n) is 5.65. The van der Waals surface area contributed by atoms with Gasteiger partial charge in [0.05, 0.1) is 25.3 Å². The number of benzene rings is 1. The fourth-order valence-corrected chi connectivity index (χ4v) is 5.38. The maximum absolute atomic E-state index is 5.58. The van der Waals surface area contributed by atoms with Crippen molar-refractivity contribution in [1.29, 1.82) is 0 Å². The topological polar surface area (TPSA) is 40.1 Å². The van der Waals surface area contributed by atoms with Gasteiger partial charge in [0.15, 0.2) is 5.96 Å². The number of thioether (sulfide) groups is 1. The summed E-state index contributed by atoms with van der Waals surface area (Å²) in [5.41, 5.74) is 2.88. The van der Waals surface area contributed by atoms with Gasteiger partial charge in [-0.2, -0.15) is 11.8 Å². The lowest BCUT2D eigenvalue weighted by Gasteiger charge is -2.42. The molecule has 1 N–H and O–H groups in total. The van der Waals surface area contributed by atoms with Crippen LogP contribution in [0.5, 0.6) is 0 Å². The lowest BCUT2D eigenvalue weighted by atomic mass is 9.96. The lowest BCUT2D eigenvalue weighted by Crippen LogP contribution is -2.56. The van der Waals surface area contributed by atoms with Crippen LogP contribution in [0.4, 0.5) is 0 Å². The minimum Gasteiger partial charge on any atom is -0.379 e. The molecule has 0 saturated carbocycles. The Hall–Kier alpha value is -1.24. The number of aryl methyl sites for hydroxylation is 1. The van der Waals surface area contributed by atoms with Gasteiger partial charge in [-0.05, 0) is 37.1 Å². The number of nitrogens with zero attached hydrogens (tertiary/aromatic N) is 3. The van der Waals surface area contributed by atoms with E-state index >= 15 is 0 Å². The second kappa shape index (κ2) is 9.80. The fraction of sp³-hybridized carbons (Fsp3) is 0.667. The highest BCUT2D eigenvalue weighted by molar-refractivity contribution is 7.99. The number of guanidine groups is 1. The van der Waals surface area contributed by atoms with E-state index in [9.17, 15) is 0 Å². The molecule has 1 aromatic rings. The van der Waals surface area contributed by atoms with Crippen LogP contribution < -0.4 is 5.32 Å². The van der Waals surface area contributed by atoms with Crippen molar-refractivity contribution < 1.29 is 4.74 Å². The van der Waals surface area contributed by atoms with Gasteiger partial charge < -0.3 is 15.0 Å². The summed E-state index contributed by atoms with van der Waals surface area (Å²) in [4.78, 5) is 9.99. The lowest BCUT2D eigenvalue weighted by molar-refractivity contribution is -0.0105. The third-order valence-corrected chi connectivity index (χ3v) is 6.89. The zero-order valence-electron chi connectivity index (χ0n) is 17.0. The van der Waals surface area contributed by atoms with E-state index < -0.39 is 0 Å². The van der Waals surface area contributed by atoms with E-state index in [1.165, 1.54) is 29.1 Å². The van der Waals surface area contributed by atoms with Crippen molar-refractivity contribution in [1.82, 2.24) is 15.1 Å². The Morgan fingerprint density at radius 1 is 1.33 bits per heavy atom. The Morgan fingerprint density at radius 2 is 2.11 bits per heavy atom. The highest BCUT2D eigenvalue weighted by atomic mass is 32.2. The summed E-state index contributed by atoms with van der Waals surface area (Å²) >= 11 is 2.07. The van der Waals surface area contributed by atoms with Crippen LogP contribution in [0, 0.1) is 6.92 Å². The minimum atomic E-state index is 0.193. The van der Waals surface area contributed by atoms with Gasteiger partial charge in [-0.1, -0.05) is 24.3 Å². The molecule has 150 valence electrons. The molecule has 0 aromatic heterocycles. The van der Waals surface area contributed by atoms with Crippen molar-refractivity contribution in [3.8, 4) is 0 Å². The van der Waals surface area contributed by atoms with Crippen molar-refractivity contribution in [2.45, 2.75) is 32.4 Å². The zero-order valence-corrected chi connectivity index (χ0v) is 17.9. The average molecular weight is 391 g/mol. The van der Waals surface area contributed by atoms with E-state index in [1.807, 2.05) is 0 Å². The highest BCUT2D eigenvalue weighted by Crippen LogP contribution is 2.34. The first-order valence-electron chi connectivity index (χ1n) is 10.1. The van der Waals surface area contributed by atoms with Gasteiger partial charge in [0, 0.05) is 39.0 Å². The molecule has 2 aliphatic heterocycles. The molecule has 2 aliphatic rings. The SMILES string of the molecule is CCNC(=NCC1(N2CCOCC2)CCSC1)N(C)Cc1ccccc1C. The Balaban J connectivity index is 1.72. The number of aliphatic imine (C=N–C) groups is 1. The molecule has 2 fully saturated rings. The average Bonchev–Trinajstić information content (AvgIpc) is 3.18. The zero-order chi connectivity index (χ0) is 19.1. The maximum Gasteiger partial charge on any atom is 0.194 e. The van der Waals surface area contributed by atoms with Crippen LogP contribution in [0.15, 0.2) is 29.3 Å². The molecule has 5 nitrogen and oxygen atoms in total. The first-order valence-corrected chi connectivity index (χ1v) is 11.2. The molecular formula is C21H34N4OS. The van der Waals surface area contributed by atoms with Gasteiger partial charge in [-0.25, -0.2) is 0 Å². The normalized spacial score (nSPS) is 24.2. The summed E-state index contributed by atoms with van der Waals surface area (Å²) in [5, 5.41) is 3.49. The van der Waals surface area contributed by atoms with E-state index in [0.29, 0.717) is 0 Å². The molecule has 3 rings (SSSR count). The predicted octanol–water partition coefficient (Wildman–Crippen LogP) is 2.60. The molecule has 0 bridgehead atoms. The number of morpholine rings is 1. The molecule has 1 unspecified atom stereocenters. The van der Waals surface area contributed by atoms with Crippen LogP contribution in [0.1, 0.15) is 24.5 Å². The van der Waals surface area contributed by atoms with Crippen LogP contribution in [-0.4, -0.2) is 79.2 Å². The second-order valence-corrected chi connectivity index (χ2v) is 8.68. The van der Waals surface area contributed by atoms with E-state index in [-0.39, 0.29) is 5.54 Å². The van der Waals surface area contributed by atoms with E-state index in [2.05, 4.69) is 72.0 Å². The van der Waals surface area contributed by atoms with Crippen LogP contribution in [0.2, 0.25) is 0 Å². The van der Waals surface area contributed by atoms with Gasteiger partial charge in [-0.3, -0.25) is 9.89 Å². The van der Waals surface area contributed by atoms with Crippen molar-refractivity contribution in [2.24, 2.45) is 4.99 Å². The van der Waals surface area contributed by atoms with E-state index in [0.717, 1.165) is 51.9 Å². The molecule has 0 aliphatic carbocycles. The van der Waals surface area contributed by atoms with Crippen molar-refractivity contribution in [3.63, 3.8) is 0 Å². The Morgan fingerprint density at radius 3 is 2.78 bits per heavy atom. The maximum atomic E-state index is 5.58. The number of nitrogens with one attached hydrogen (secondary N) is 1. The van der Waals surface area contributed by atoms with Crippen LogP contribution in [0.25, 0.3) is 0 Å². The smallest absolute Gasteiger partial charge is 0.194 e. The van der Waals surface area contributed by atoms with Crippen LogP contribution in [0.3, 0.4) is 0 Å². The first-order chi connectivity index (χ1) is 13.1. The van der Waals surface area contributed by atoms with Gasteiger partial charge in [0.2, 0.25) is 0 Å². The summed E-state index contributed by atoms with van der Waals surface area (Å²) in [6.07, 6.45) is 1.22. The number of rotatable bonds is 6. The van der Waals surface area contributed by atoms with Crippen molar-refractivity contribution in [2.75, 3.05) is 57.9 Å². The van der Waals surface area contributed by atoms with Crippen molar-refractivity contribution in [3.05, 3.63) is 35.4 Å². The molecule has 6 heteroatoms. The van der Waals surface area contributed by atoms with Gasteiger partial charge >= 0.3 is 0 Å². The minimum absolute atomic E-state index is 0.193. The Kier molecular flexibility index (Phi) is 7.44. The summed E-state index contributed by atoms with van der Waals surface area (Å²) in [6.45, 7) is 10.7. The van der Waals surface area contributed by atoms with Gasteiger partial charge in [0.1, 0.15) is 0 Å². The van der Waals surface area contributed by atoms with Crippen LogP contribution >= 0.6 is 11.8 Å². The molecule has 1 atom stereocenters. The third kappa shape index (κ3) is 5.18. The molecule has 1 aromatic carbocycles. The van der Waals surface area contributed by atoms with Gasteiger partial charge in [-0.15, -0.1) is 0 Å². The number of ether oxygens (including phenoxy) is 1. The molecular weight excluding hydrogens is 356 g/mol. The molecule has 0 radical (unpaired) electrons. The summed E-state index contributed by atoms with van der Waals surface area (Å²) in [5.74, 6) is 3.42. The Bertz CT molecular complexity index is 624. The van der Waals surface area contributed by atoms with E-state index in [1.54, 1.807) is 0 Å². The van der Waals surface area contributed by atoms with E-state index in [4.69, 9.17) is 9.73 Å². The highest BCUT2D eigenvalue weighted by Gasteiger charge is 2.40. The van der Waals surface area contributed by atoms with Gasteiger partial charge in [0.25, 0.3) is 0 Å². The fourth-order valence-electron chi connectivity index (χ4n) is 3.92. The quantitative estimate of drug-likeness (QED) is 0.597. The number of hydrogen-bond donors (Lipinski definition) is 1. The summed E-state index contributed by atoms with van der Waals surface area (Å²) in [7, 11) is 2.14. The molecule has 27 heavy (non-hydrogen) atoms. The Labute approximate surface area is 168 Å². The largest absolute Gasteiger partial charge is 0.379 e. The predicted molar refractivity (Wildman–Crippen MR) is 116 cm³/mol. The van der Waals surface area contributed by atoms with Crippen LogP contribution in [-0.2, 0) is 11.3 Å². The van der Waals surface area contributed by atoms with Crippen molar-refractivity contribution >= 4 is 17.7 Å². The molecule has 2 saturated heterocycles.